The number of ether oxygens (including phenoxy) is 1. The molecule has 8 nitrogen and oxygen atoms in total. The van der Waals surface area contributed by atoms with E-state index in [4.69, 9.17) is 4.74 Å². The van der Waals surface area contributed by atoms with E-state index >= 15 is 0 Å². The van der Waals surface area contributed by atoms with Crippen molar-refractivity contribution in [3.63, 3.8) is 0 Å². The highest BCUT2D eigenvalue weighted by atomic mass is 32.1. The zero-order chi connectivity index (χ0) is 21.4. The smallest absolute Gasteiger partial charge is 0.329 e. The predicted octanol–water partition coefficient (Wildman–Crippen LogP) is 2.04. The third-order valence-electron chi connectivity index (χ3n) is 3.93. The molecule has 0 radical (unpaired) electrons. The van der Waals surface area contributed by atoms with Crippen LogP contribution in [-0.4, -0.2) is 43.4 Å². The maximum atomic E-state index is 12.4. The minimum absolute atomic E-state index is 0.223. The number of anilines is 1. The topological polar surface area (TPSA) is 114 Å². The lowest BCUT2D eigenvalue weighted by molar-refractivity contribution is -0.150. The Balaban J connectivity index is 1.91. The monoisotopic (exact) mass is 417 g/mol. The van der Waals surface area contributed by atoms with Crippen molar-refractivity contribution in [2.75, 3.05) is 19.0 Å². The lowest BCUT2D eigenvalue weighted by atomic mass is 10.0. The fraction of sp³-hybridized carbons (Fsp3) is 0.300. The van der Waals surface area contributed by atoms with Crippen LogP contribution in [0.15, 0.2) is 41.8 Å². The van der Waals surface area contributed by atoms with E-state index in [2.05, 4.69) is 16.0 Å². The molecule has 9 heteroatoms. The molecule has 1 aromatic heterocycles. The fourth-order valence-corrected chi connectivity index (χ4v) is 3.05. The summed E-state index contributed by atoms with van der Waals surface area (Å²) in [5, 5.41) is 9.47. The van der Waals surface area contributed by atoms with Crippen molar-refractivity contribution >= 4 is 40.7 Å². The molecule has 29 heavy (non-hydrogen) atoms. The maximum Gasteiger partial charge on any atom is 0.329 e. The molecule has 3 N–H and O–H groups in total. The van der Waals surface area contributed by atoms with Gasteiger partial charge in [0.05, 0.1) is 4.88 Å². The first-order valence-corrected chi connectivity index (χ1v) is 9.82. The van der Waals surface area contributed by atoms with E-state index in [0.29, 0.717) is 16.1 Å². The molecule has 0 bridgehead atoms. The Morgan fingerprint density at radius 3 is 2.45 bits per heavy atom. The average molecular weight is 417 g/mol. The summed E-state index contributed by atoms with van der Waals surface area (Å²) >= 11 is 1.26. The third kappa shape index (κ3) is 6.42. The lowest BCUT2D eigenvalue weighted by Crippen LogP contribution is -2.45. The molecule has 2 rings (SSSR count). The van der Waals surface area contributed by atoms with Gasteiger partial charge in [0, 0.05) is 18.3 Å². The number of carbonyl (C=O) groups excluding carboxylic acids is 4. The second-order valence-corrected chi connectivity index (χ2v) is 7.44. The minimum atomic E-state index is -0.881. The number of hydrogen-bond acceptors (Lipinski definition) is 6. The molecule has 0 unspecified atom stereocenters. The summed E-state index contributed by atoms with van der Waals surface area (Å²) in [6, 6.07) is 8.88. The number of nitrogens with one attached hydrogen (secondary N) is 3. The zero-order valence-electron chi connectivity index (χ0n) is 16.4. The lowest BCUT2D eigenvalue weighted by Gasteiger charge is -2.20. The number of benzene rings is 1. The number of hydrogen-bond donors (Lipinski definition) is 3. The van der Waals surface area contributed by atoms with Crippen LogP contribution in [0.25, 0.3) is 0 Å². The Morgan fingerprint density at radius 1 is 1.07 bits per heavy atom. The van der Waals surface area contributed by atoms with Crippen molar-refractivity contribution in [2.45, 2.75) is 19.9 Å². The highest BCUT2D eigenvalue weighted by molar-refractivity contribution is 7.12. The van der Waals surface area contributed by atoms with Gasteiger partial charge in [-0.1, -0.05) is 26.0 Å². The second-order valence-electron chi connectivity index (χ2n) is 6.49. The number of thiophene rings is 1. The van der Waals surface area contributed by atoms with E-state index in [1.54, 1.807) is 49.6 Å². The SMILES string of the molecule is CNC(=O)c1cccc(NC(=O)COC(=O)[C@H](NC(=O)c2cccs2)C(C)C)c1. The molecule has 0 saturated heterocycles. The normalized spacial score (nSPS) is 11.4. The quantitative estimate of drug-likeness (QED) is 0.569. The Kier molecular flexibility index (Phi) is 7.90. The van der Waals surface area contributed by atoms with E-state index in [9.17, 15) is 19.2 Å². The van der Waals surface area contributed by atoms with Gasteiger partial charge in [0.25, 0.3) is 17.7 Å². The van der Waals surface area contributed by atoms with Gasteiger partial charge in [-0.25, -0.2) is 4.79 Å². The van der Waals surface area contributed by atoms with E-state index in [-0.39, 0.29) is 17.7 Å². The Bertz CT molecular complexity index is 880. The molecule has 0 spiro atoms. The highest BCUT2D eigenvalue weighted by Gasteiger charge is 2.27. The maximum absolute atomic E-state index is 12.4. The standard InChI is InChI=1S/C20H23N3O5S/c1-12(2)17(23-19(26)15-8-5-9-29-15)20(27)28-11-16(24)22-14-7-4-6-13(10-14)18(25)21-3/h4-10,12,17H,11H2,1-3H3,(H,21,25)(H,22,24)(H,23,26)/t17-/m1/s1. The van der Waals surface area contributed by atoms with Crippen molar-refractivity contribution in [1.82, 2.24) is 10.6 Å². The van der Waals surface area contributed by atoms with Crippen LogP contribution in [0.4, 0.5) is 5.69 Å². The summed E-state index contributed by atoms with van der Waals surface area (Å²) in [5.74, 6) is -2.13. The van der Waals surface area contributed by atoms with Crippen molar-refractivity contribution in [3.05, 3.63) is 52.2 Å². The van der Waals surface area contributed by atoms with Crippen LogP contribution in [-0.2, 0) is 14.3 Å². The zero-order valence-corrected chi connectivity index (χ0v) is 17.2. The van der Waals surface area contributed by atoms with E-state index in [1.165, 1.54) is 24.5 Å². The molecule has 3 amide bonds. The van der Waals surface area contributed by atoms with E-state index < -0.39 is 24.5 Å². The Morgan fingerprint density at radius 2 is 1.83 bits per heavy atom. The molecule has 154 valence electrons. The Labute approximate surface area is 172 Å². The molecular weight excluding hydrogens is 394 g/mol. The van der Waals surface area contributed by atoms with Crippen LogP contribution in [0.3, 0.4) is 0 Å². The summed E-state index contributed by atoms with van der Waals surface area (Å²) in [6.07, 6.45) is 0. The summed E-state index contributed by atoms with van der Waals surface area (Å²) in [4.78, 5) is 48.8. The highest BCUT2D eigenvalue weighted by Crippen LogP contribution is 2.12. The molecule has 2 aromatic rings. The van der Waals surface area contributed by atoms with Crippen LogP contribution >= 0.6 is 11.3 Å². The van der Waals surface area contributed by atoms with Crippen molar-refractivity contribution in [2.24, 2.45) is 5.92 Å². The van der Waals surface area contributed by atoms with Crippen LogP contribution in [0.5, 0.6) is 0 Å². The number of carbonyl (C=O) groups is 4. The molecule has 0 aliphatic rings. The summed E-state index contributed by atoms with van der Waals surface area (Å²) in [5.41, 5.74) is 0.789. The van der Waals surface area contributed by atoms with Gasteiger partial charge in [-0.05, 0) is 35.6 Å². The van der Waals surface area contributed by atoms with Gasteiger partial charge in [-0.15, -0.1) is 11.3 Å². The van der Waals surface area contributed by atoms with Gasteiger partial charge in [-0.2, -0.15) is 0 Å². The molecule has 1 atom stereocenters. The van der Waals surface area contributed by atoms with Gasteiger partial charge >= 0.3 is 5.97 Å². The first-order chi connectivity index (χ1) is 13.8. The first kappa shape index (κ1) is 22.1. The van der Waals surface area contributed by atoms with Crippen LogP contribution in [0, 0.1) is 5.92 Å². The average Bonchev–Trinajstić information content (AvgIpc) is 3.24. The van der Waals surface area contributed by atoms with Gasteiger partial charge in [0.15, 0.2) is 6.61 Å². The van der Waals surface area contributed by atoms with Gasteiger partial charge in [-0.3, -0.25) is 14.4 Å². The van der Waals surface area contributed by atoms with Crippen molar-refractivity contribution in [1.29, 1.82) is 0 Å². The number of amides is 3. The molecule has 0 aliphatic carbocycles. The first-order valence-electron chi connectivity index (χ1n) is 8.94. The summed E-state index contributed by atoms with van der Waals surface area (Å²) in [7, 11) is 1.51. The largest absolute Gasteiger partial charge is 0.454 e. The molecular formula is C20H23N3O5S. The van der Waals surface area contributed by atoms with Gasteiger partial charge in [0.2, 0.25) is 0 Å². The minimum Gasteiger partial charge on any atom is -0.454 e. The molecule has 0 aliphatic heterocycles. The van der Waals surface area contributed by atoms with Crippen LogP contribution in [0.1, 0.15) is 33.9 Å². The molecule has 1 heterocycles. The molecule has 0 fully saturated rings. The summed E-state index contributed by atoms with van der Waals surface area (Å²) < 4.78 is 5.08. The predicted molar refractivity (Wildman–Crippen MR) is 110 cm³/mol. The van der Waals surface area contributed by atoms with Crippen LogP contribution < -0.4 is 16.0 Å². The second kappa shape index (κ2) is 10.4. The van der Waals surface area contributed by atoms with Crippen molar-refractivity contribution < 1.29 is 23.9 Å². The Hall–Kier alpha value is -3.20. The fourth-order valence-electron chi connectivity index (χ4n) is 2.42. The van der Waals surface area contributed by atoms with E-state index in [0.717, 1.165) is 0 Å². The van der Waals surface area contributed by atoms with Gasteiger partial charge < -0.3 is 20.7 Å². The van der Waals surface area contributed by atoms with Crippen LogP contribution in [0.2, 0.25) is 0 Å². The van der Waals surface area contributed by atoms with E-state index in [1.807, 2.05) is 0 Å². The van der Waals surface area contributed by atoms with Crippen molar-refractivity contribution in [3.8, 4) is 0 Å². The third-order valence-corrected chi connectivity index (χ3v) is 4.80. The number of esters is 1. The van der Waals surface area contributed by atoms with Gasteiger partial charge in [0.1, 0.15) is 6.04 Å². The summed E-state index contributed by atoms with van der Waals surface area (Å²) in [6.45, 7) is 3.02. The molecule has 0 saturated carbocycles. The number of rotatable bonds is 8. The molecule has 1 aromatic carbocycles.